The maximum Gasteiger partial charge on any atom is 0.129 e. The molecule has 0 aliphatic rings. The Morgan fingerprint density at radius 3 is 2.35 bits per heavy atom. The van der Waals surface area contributed by atoms with Crippen LogP contribution in [0.5, 0.6) is 0 Å². The van der Waals surface area contributed by atoms with Crippen LogP contribution in [-0.4, -0.2) is 58.8 Å². The second-order valence-corrected chi connectivity index (χ2v) is 3.25. The van der Waals surface area contributed by atoms with E-state index in [1.54, 1.807) is 0 Å². The van der Waals surface area contributed by atoms with Gasteiger partial charge in [0.1, 0.15) is 12.5 Å². The van der Waals surface area contributed by atoms with Crippen LogP contribution in [0.25, 0.3) is 0 Å². The van der Waals surface area contributed by atoms with E-state index in [4.69, 9.17) is 24.7 Å². The highest BCUT2D eigenvalue weighted by molar-refractivity contribution is 5.49. The molecule has 0 amide bonds. The van der Waals surface area contributed by atoms with Gasteiger partial charge in [0.05, 0.1) is 39.6 Å². The van der Waals surface area contributed by atoms with E-state index in [1.165, 1.54) is 0 Å². The van der Waals surface area contributed by atoms with Gasteiger partial charge in [-0.05, 0) is 6.92 Å². The molecule has 0 heterocycles. The van der Waals surface area contributed by atoms with Crippen molar-refractivity contribution in [1.29, 1.82) is 0 Å². The first-order valence-corrected chi connectivity index (χ1v) is 5.85. The van der Waals surface area contributed by atoms with Gasteiger partial charge >= 0.3 is 0 Å². The summed E-state index contributed by atoms with van der Waals surface area (Å²) in [5, 5.41) is 0. The van der Waals surface area contributed by atoms with Crippen LogP contribution in [-0.2, 0) is 23.7 Å². The molecule has 0 saturated heterocycles. The Kier molecular flexibility index (Phi) is 13.1. The summed E-state index contributed by atoms with van der Waals surface area (Å²) in [5.41, 5.74) is 5.57. The Balaban J connectivity index is 3.08. The smallest absolute Gasteiger partial charge is 0.129 e. The van der Waals surface area contributed by atoms with Crippen molar-refractivity contribution in [3.8, 4) is 0 Å². The summed E-state index contributed by atoms with van der Waals surface area (Å²) in [5.74, 6) is 0. The maximum absolute atomic E-state index is 10.0. The lowest BCUT2D eigenvalue weighted by atomic mass is 10.5. The van der Waals surface area contributed by atoms with Crippen molar-refractivity contribution < 1.29 is 23.7 Å². The van der Waals surface area contributed by atoms with E-state index in [-0.39, 0.29) is 0 Å². The molecule has 1 unspecified atom stereocenters. The predicted octanol–water partition coefficient (Wildman–Crippen LogP) is -0.0535. The number of hydrogen-bond donors (Lipinski definition) is 1. The predicted molar refractivity (Wildman–Crippen MR) is 62.7 cm³/mol. The first-order chi connectivity index (χ1) is 8.31. The minimum Gasteiger partial charge on any atom is -0.379 e. The van der Waals surface area contributed by atoms with Crippen LogP contribution in [0.3, 0.4) is 0 Å². The first kappa shape index (κ1) is 16.5. The minimum atomic E-state index is -0.488. The highest BCUT2D eigenvalue weighted by Gasteiger charge is 2.01. The van der Waals surface area contributed by atoms with Crippen LogP contribution < -0.4 is 5.73 Å². The zero-order valence-corrected chi connectivity index (χ0v) is 10.4. The molecule has 6 heteroatoms. The van der Waals surface area contributed by atoms with Crippen molar-refractivity contribution in [3.05, 3.63) is 0 Å². The van der Waals surface area contributed by atoms with Gasteiger partial charge < -0.3 is 29.5 Å². The van der Waals surface area contributed by atoms with Gasteiger partial charge in [0.2, 0.25) is 0 Å². The highest BCUT2D eigenvalue weighted by Crippen LogP contribution is 1.88. The Labute approximate surface area is 102 Å². The standard InChI is InChI=1S/C11H23NO5/c1-2-14-6-7-15-8-9-16-10-11(12)17-5-3-4-13/h4,11H,2-3,5-10,12H2,1H3. The second-order valence-electron chi connectivity index (χ2n) is 3.25. The Morgan fingerprint density at radius 2 is 1.71 bits per heavy atom. The summed E-state index contributed by atoms with van der Waals surface area (Å²) in [6.45, 7) is 5.42. The van der Waals surface area contributed by atoms with E-state index >= 15 is 0 Å². The van der Waals surface area contributed by atoms with Crippen LogP contribution in [0.4, 0.5) is 0 Å². The Bertz CT molecular complexity index is 168. The van der Waals surface area contributed by atoms with E-state index in [9.17, 15) is 4.79 Å². The summed E-state index contributed by atoms with van der Waals surface area (Å²) >= 11 is 0. The molecule has 0 aromatic rings. The third-order valence-electron chi connectivity index (χ3n) is 1.80. The second kappa shape index (κ2) is 13.5. The van der Waals surface area contributed by atoms with Crippen molar-refractivity contribution in [2.24, 2.45) is 5.73 Å². The third kappa shape index (κ3) is 13.4. The molecule has 0 aliphatic heterocycles. The number of aldehydes is 1. The third-order valence-corrected chi connectivity index (χ3v) is 1.80. The molecule has 1 atom stereocenters. The largest absolute Gasteiger partial charge is 0.379 e. The fraction of sp³-hybridized carbons (Fsp3) is 0.909. The van der Waals surface area contributed by atoms with Gasteiger partial charge in [-0.2, -0.15) is 0 Å². The van der Waals surface area contributed by atoms with Crippen LogP contribution in [0.15, 0.2) is 0 Å². The van der Waals surface area contributed by atoms with Gasteiger partial charge in [0.15, 0.2) is 0 Å². The quantitative estimate of drug-likeness (QED) is 0.280. The summed E-state index contributed by atoms with van der Waals surface area (Å²) in [6.07, 6.45) is 0.659. The molecule has 0 aromatic heterocycles. The maximum atomic E-state index is 10.0. The average molecular weight is 249 g/mol. The molecule has 2 N–H and O–H groups in total. The SMILES string of the molecule is CCOCCOCCOCC(N)OCCC=O. The van der Waals surface area contributed by atoms with E-state index < -0.39 is 6.23 Å². The molecule has 0 spiro atoms. The number of hydrogen-bond acceptors (Lipinski definition) is 6. The molecule has 0 rings (SSSR count). The molecular formula is C11H23NO5. The Morgan fingerprint density at radius 1 is 1.06 bits per heavy atom. The zero-order chi connectivity index (χ0) is 12.8. The van der Waals surface area contributed by atoms with E-state index in [0.29, 0.717) is 52.7 Å². The molecule has 0 bridgehead atoms. The van der Waals surface area contributed by atoms with Crippen LogP contribution in [0.2, 0.25) is 0 Å². The molecule has 102 valence electrons. The van der Waals surface area contributed by atoms with Gasteiger partial charge in [-0.3, -0.25) is 0 Å². The number of carbonyl (C=O) groups is 1. The van der Waals surface area contributed by atoms with Crippen LogP contribution in [0, 0.1) is 0 Å². The summed E-state index contributed by atoms with van der Waals surface area (Å²) < 4.78 is 20.7. The fourth-order valence-corrected chi connectivity index (χ4v) is 0.997. The van der Waals surface area contributed by atoms with Crippen molar-refractivity contribution in [2.75, 3.05) is 46.2 Å². The van der Waals surface area contributed by atoms with Gasteiger partial charge in [0.25, 0.3) is 0 Å². The van der Waals surface area contributed by atoms with Gasteiger partial charge in [-0.25, -0.2) is 0 Å². The molecule has 0 aliphatic carbocycles. The van der Waals surface area contributed by atoms with Crippen molar-refractivity contribution in [2.45, 2.75) is 19.6 Å². The van der Waals surface area contributed by atoms with Crippen molar-refractivity contribution in [3.63, 3.8) is 0 Å². The summed E-state index contributed by atoms with van der Waals surface area (Å²) in [4.78, 5) is 10.0. The molecule has 0 radical (unpaired) electrons. The van der Waals surface area contributed by atoms with Crippen LogP contribution in [0.1, 0.15) is 13.3 Å². The fourth-order valence-electron chi connectivity index (χ4n) is 0.997. The number of ether oxygens (including phenoxy) is 4. The summed E-state index contributed by atoms with van der Waals surface area (Å²) in [7, 11) is 0. The van der Waals surface area contributed by atoms with Crippen LogP contribution >= 0.6 is 0 Å². The number of nitrogens with two attached hydrogens (primary N) is 1. The number of carbonyl (C=O) groups excluding carboxylic acids is 1. The molecule has 17 heavy (non-hydrogen) atoms. The normalized spacial score (nSPS) is 12.6. The molecule has 6 nitrogen and oxygen atoms in total. The van der Waals surface area contributed by atoms with Gasteiger partial charge in [-0.15, -0.1) is 0 Å². The zero-order valence-electron chi connectivity index (χ0n) is 10.4. The molecule has 0 fully saturated rings. The van der Waals surface area contributed by atoms with Gasteiger partial charge in [0, 0.05) is 13.0 Å². The minimum absolute atomic E-state index is 0.299. The summed E-state index contributed by atoms with van der Waals surface area (Å²) in [6, 6.07) is 0. The molecule has 0 saturated carbocycles. The average Bonchev–Trinajstić information content (AvgIpc) is 2.33. The molecule has 0 aromatic carbocycles. The topological polar surface area (TPSA) is 80.0 Å². The molecular weight excluding hydrogens is 226 g/mol. The van der Waals surface area contributed by atoms with E-state index in [1.807, 2.05) is 6.92 Å². The van der Waals surface area contributed by atoms with Crippen molar-refractivity contribution in [1.82, 2.24) is 0 Å². The monoisotopic (exact) mass is 249 g/mol. The lowest BCUT2D eigenvalue weighted by Gasteiger charge is -2.12. The first-order valence-electron chi connectivity index (χ1n) is 5.85. The van der Waals surface area contributed by atoms with E-state index in [0.717, 1.165) is 6.29 Å². The highest BCUT2D eigenvalue weighted by atomic mass is 16.6. The van der Waals surface area contributed by atoms with Gasteiger partial charge in [-0.1, -0.05) is 0 Å². The van der Waals surface area contributed by atoms with E-state index in [2.05, 4.69) is 0 Å². The lowest BCUT2D eigenvalue weighted by Crippen LogP contribution is -2.30. The Hall–Kier alpha value is -0.530. The lowest BCUT2D eigenvalue weighted by molar-refractivity contribution is -0.109. The number of rotatable bonds is 13. The van der Waals surface area contributed by atoms with Crippen molar-refractivity contribution >= 4 is 6.29 Å².